The Labute approximate surface area is 109 Å². The number of hydrogen-bond acceptors (Lipinski definition) is 5. The standard InChI is InChI=1S/C11H13ClN2O4/c1-2-18-11(15)10(7-14(16)17)13-9-5-3-8(12)4-6-9/h3-6,10,13H,2,7H2,1H3. The molecule has 1 aromatic carbocycles. The number of carbonyl (C=O) groups is 1. The predicted octanol–water partition coefficient (Wildman–Crippen LogP) is 1.96. The lowest BCUT2D eigenvalue weighted by Gasteiger charge is -2.14. The van der Waals surface area contributed by atoms with Crippen molar-refractivity contribution in [2.75, 3.05) is 18.5 Å². The fourth-order valence-electron chi connectivity index (χ4n) is 1.32. The van der Waals surface area contributed by atoms with Gasteiger partial charge in [-0.3, -0.25) is 10.1 Å². The molecule has 0 heterocycles. The third kappa shape index (κ3) is 4.58. The van der Waals surface area contributed by atoms with Gasteiger partial charge in [0.15, 0.2) is 6.04 Å². The molecule has 1 unspecified atom stereocenters. The highest BCUT2D eigenvalue weighted by molar-refractivity contribution is 6.30. The van der Waals surface area contributed by atoms with Crippen LogP contribution < -0.4 is 5.32 Å². The highest BCUT2D eigenvalue weighted by atomic mass is 35.5. The van der Waals surface area contributed by atoms with E-state index in [0.717, 1.165) is 0 Å². The zero-order valence-corrected chi connectivity index (χ0v) is 10.5. The Bertz CT molecular complexity index is 422. The first-order valence-corrected chi connectivity index (χ1v) is 5.71. The number of benzene rings is 1. The first-order chi connectivity index (χ1) is 8.52. The van der Waals surface area contributed by atoms with Crippen molar-refractivity contribution in [3.05, 3.63) is 39.4 Å². The number of carbonyl (C=O) groups excluding carboxylic acids is 1. The number of nitrogens with zero attached hydrogens (tertiary/aromatic N) is 1. The van der Waals surface area contributed by atoms with Gasteiger partial charge in [0.05, 0.1) is 6.61 Å². The van der Waals surface area contributed by atoms with Gasteiger partial charge in [-0.2, -0.15) is 0 Å². The van der Waals surface area contributed by atoms with Crippen molar-refractivity contribution in [3.63, 3.8) is 0 Å². The van der Waals surface area contributed by atoms with Crippen molar-refractivity contribution < 1.29 is 14.5 Å². The minimum atomic E-state index is -1.01. The van der Waals surface area contributed by atoms with E-state index in [-0.39, 0.29) is 6.61 Å². The molecule has 0 bridgehead atoms. The first kappa shape index (κ1) is 14.2. The number of ether oxygens (including phenoxy) is 1. The second-order valence-corrected chi connectivity index (χ2v) is 3.91. The van der Waals surface area contributed by atoms with Crippen LogP contribution in [0.1, 0.15) is 6.92 Å². The Morgan fingerprint density at radius 1 is 1.50 bits per heavy atom. The quantitative estimate of drug-likeness (QED) is 0.486. The molecule has 1 atom stereocenters. The molecular weight excluding hydrogens is 260 g/mol. The summed E-state index contributed by atoms with van der Waals surface area (Å²) in [5.74, 6) is -0.649. The topological polar surface area (TPSA) is 81.5 Å². The smallest absolute Gasteiger partial charge is 0.335 e. The highest BCUT2D eigenvalue weighted by Crippen LogP contribution is 2.14. The first-order valence-electron chi connectivity index (χ1n) is 5.33. The van der Waals surface area contributed by atoms with Crippen LogP contribution in [0.2, 0.25) is 5.02 Å². The van der Waals surface area contributed by atoms with E-state index >= 15 is 0 Å². The van der Waals surface area contributed by atoms with E-state index in [0.29, 0.717) is 10.7 Å². The maximum atomic E-state index is 11.5. The number of rotatable bonds is 6. The number of anilines is 1. The zero-order chi connectivity index (χ0) is 13.5. The average Bonchev–Trinajstić information content (AvgIpc) is 2.31. The van der Waals surface area contributed by atoms with Gasteiger partial charge >= 0.3 is 5.97 Å². The summed E-state index contributed by atoms with van der Waals surface area (Å²) in [6.07, 6.45) is 0. The van der Waals surface area contributed by atoms with E-state index in [1.54, 1.807) is 31.2 Å². The van der Waals surface area contributed by atoms with Gasteiger partial charge in [-0.05, 0) is 31.2 Å². The van der Waals surface area contributed by atoms with Crippen LogP contribution in [-0.2, 0) is 9.53 Å². The molecule has 1 rings (SSSR count). The number of nitro groups is 1. The van der Waals surface area contributed by atoms with Crippen LogP contribution in [0.4, 0.5) is 5.69 Å². The van der Waals surface area contributed by atoms with Gasteiger partial charge in [0.1, 0.15) is 0 Å². The third-order valence-corrected chi connectivity index (χ3v) is 2.34. The fraction of sp³-hybridized carbons (Fsp3) is 0.364. The molecule has 7 heteroatoms. The van der Waals surface area contributed by atoms with Crippen molar-refractivity contribution >= 4 is 23.3 Å². The second-order valence-electron chi connectivity index (χ2n) is 3.47. The number of esters is 1. The summed E-state index contributed by atoms with van der Waals surface area (Å²) in [7, 11) is 0. The van der Waals surface area contributed by atoms with Crippen LogP contribution in [0.15, 0.2) is 24.3 Å². The lowest BCUT2D eigenvalue weighted by atomic mass is 10.2. The summed E-state index contributed by atoms with van der Waals surface area (Å²) in [5, 5.41) is 13.8. The highest BCUT2D eigenvalue weighted by Gasteiger charge is 2.25. The van der Waals surface area contributed by atoms with Crippen LogP contribution in [0.5, 0.6) is 0 Å². The molecule has 0 aliphatic rings. The number of halogens is 1. The van der Waals surface area contributed by atoms with E-state index in [1.807, 2.05) is 0 Å². The number of hydrogen-bond donors (Lipinski definition) is 1. The van der Waals surface area contributed by atoms with Crippen LogP contribution >= 0.6 is 11.6 Å². The summed E-state index contributed by atoms with van der Waals surface area (Å²) >= 11 is 5.72. The van der Waals surface area contributed by atoms with Crippen molar-refractivity contribution in [3.8, 4) is 0 Å². The molecule has 0 saturated carbocycles. The Hall–Kier alpha value is -1.82. The van der Waals surface area contributed by atoms with Crippen LogP contribution in [0.3, 0.4) is 0 Å². The minimum Gasteiger partial charge on any atom is -0.464 e. The molecular formula is C11H13ClN2O4. The average molecular weight is 273 g/mol. The molecule has 0 saturated heterocycles. The van der Waals surface area contributed by atoms with Crippen molar-refractivity contribution in [1.82, 2.24) is 0 Å². The van der Waals surface area contributed by atoms with Gasteiger partial charge in [0, 0.05) is 15.6 Å². The molecule has 0 radical (unpaired) electrons. The fourth-order valence-corrected chi connectivity index (χ4v) is 1.44. The lowest BCUT2D eigenvalue weighted by molar-refractivity contribution is -0.480. The molecule has 1 aromatic rings. The van der Waals surface area contributed by atoms with Crippen molar-refractivity contribution in [1.29, 1.82) is 0 Å². The molecule has 6 nitrogen and oxygen atoms in total. The van der Waals surface area contributed by atoms with E-state index in [2.05, 4.69) is 5.32 Å². The van der Waals surface area contributed by atoms with Crippen molar-refractivity contribution in [2.24, 2.45) is 0 Å². The molecule has 1 N–H and O–H groups in total. The predicted molar refractivity (Wildman–Crippen MR) is 67.4 cm³/mol. The van der Waals surface area contributed by atoms with Gasteiger partial charge < -0.3 is 10.1 Å². The van der Waals surface area contributed by atoms with Crippen molar-refractivity contribution in [2.45, 2.75) is 13.0 Å². The molecule has 0 aliphatic heterocycles. The molecule has 0 fully saturated rings. The largest absolute Gasteiger partial charge is 0.464 e. The summed E-state index contributed by atoms with van der Waals surface area (Å²) in [6.45, 7) is 1.28. The Morgan fingerprint density at radius 3 is 2.61 bits per heavy atom. The Morgan fingerprint density at radius 2 is 2.11 bits per heavy atom. The molecule has 0 amide bonds. The molecule has 0 aromatic heterocycles. The molecule has 98 valence electrons. The maximum absolute atomic E-state index is 11.5. The molecule has 0 spiro atoms. The minimum absolute atomic E-state index is 0.176. The van der Waals surface area contributed by atoms with Crippen LogP contribution in [0.25, 0.3) is 0 Å². The van der Waals surface area contributed by atoms with Gasteiger partial charge in [-0.25, -0.2) is 4.79 Å². The third-order valence-electron chi connectivity index (χ3n) is 2.09. The van der Waals surface area contributed by atoms with Gasteiger partial charge in [-0.1, -0.05) is 11.6 Å². The number of nitrogens with one attached hydrogen (secondary N) is 1. The monoisotopic (exact) mass is 272 g/mol. The summed E-state index contributed by atoms with van der Waals surface area (Å²) < 4.78 is 4.77. The van der Waals surface area contributed by atoms with E-state index < -0.39 is 23.5 Å². The van der Waals surface area contributed by atoms with Crippen LogP contribution in [-0.4, -0.2) is 30.1 Å². The zero-order valence-electron chi connectivity index (χ0n) is 9.76. The Balaban J connectivity index is 2.74. The second kappa shape index (κ2) is 6.80. The van der Waals surface area contributed by atoms with E-state index in [4.69, 9.17) is 16.3 Å². The summed E-state index contributed by atoms with van der Waals surface area (Å²) in [6, 6.07) is 5.50. The summed E-state index contributed by atoms with van der Waals surface area (Å²) in [4.78, 5) is 21.5. The molecule has 18 heavy (non-hydrogen) atoms. The Kier molecular flexibility index (Phi) is 5.38. The normalized spacial score (nSPS) is 11.7. The SMILES string of the molecule is CCOC(=O)C(C[N+](=O)[O-])Nc1ccc(Cl)cc1. The molecule has 0 aliphatic carbocycles. The van der Waals surface area contributed by atoms with Gasteiger partial charge in [0.2, 0.25) is 6.54 Å². The van der Waals surface area contributed by atoms with Gasteiger partial charge in [0.25, 0.3) is 0 Å². The lowest BCUT2D eigenvalue weighted by Crippen LogP contribution is -2.37. The van der Waals surface area contributed by atoms with Crippen LogP contribution in [0, 0.1) is 10.1 Å². The van der Waals surface area contributed by atoms with E-state index in [9.17, 15) is 14.9 Å². The van der Waals surface area contributed by atoms with Gasteiger partial charge in [-0.15, -0.1) is 0 Å². The maximum Gasteiger partial charge on any atom is 0.335 e. The van der Waals surface area contributed by atoms with E-state index in [1.165, 1.54) is 0 Å². The summed E-state index contributed by atoms with van der Waals surface area (Å²) in [5.41, 5.74) is 0.569.